The highest BCUT2D eigenvalue weighted by molar-refractivity contribution is 8.00. The van der Waals surface area contributed by atoms with Crippen molar-refractivity contribution in [2.45, 2.75) is 48.8 Å². The third kappa shape index (κ3) is 8.49. The summed E-state index contributed by atoms with van der Waals surface area (Å²) in [6, 6.07) is -6.97. The van der Waals surface area contributed by atoms with Crippen LogP contribution in [0.5, 0.6) is 0 Å². The molecule has 6 atom stereocenters. The van der Waals surface area contributed by atoms with Crippen LogP contribution in [-0.2, 0) is 28.8 Å². The predicted molar refractivity (Wildman–Crippen MR) is 113 cm³/mol. The number of thioether (sulfide) groups is 1. The average molecular weight is 493 g/mol. The second-order valence-corrected chi connectivity index (χ2v) is 8.38. The summed E-state index contributed by atoms with van der Waals surface area (Å²) < 4.78 is 0. The molecule has 0 aromatic carbocycles. The molecule has 1 saturated heterocycles. The molecule has 5 amide bonds. The molecule has 0 spiro atoms. The molecule has 15 nitrogen and oxygen atoms in total. The molecule has 1 fully saturated rings. The predicted octanol–water partition coefficient (Wildman–Crippen LogP) is -5.67. The van der Waals surface area contributed by atoms with Gasteiger partial charge in [-0.15, -0.1) is 11.8 Å². The molecule has 16 heteroatoms. The van der Waals surface area contributed by atoms with E-state index in [0.29, 0.717) is 11.8 Å². The first-order chi connectivity index (χ1) is 15.4. The number of carbonyl (C=O) groups excluding carboxylic acids is 5. The van der Waals surface area contributed by atoms with E-state index in [1.54, 1.807) is 0 Å². The van der Waals surface area contributed by atoms with E-state index in [1.165, 1.54) is 6.92 Å². The lowest BCUT2D eigenvalue weighted by molar-refractivity contribution is -0.138. The number of aliphatic hydroxyl groups is 2. The number of hydrogen-bond acceptors (Lipinski definition) is 10. The Morgan fingerprint density at radius 1 is 0.939 bits per heavy atom. The number of rotatable bonds is 5. The highest BCUT2D eigenvalue weighted by Crippen LogP contribution is 2.17. The molecular formula is C17H28N6O9S. The van der Waals surface area contributed by atoms with E-state index in [0.717, 1.165) is 0 Å². The molecule has 0 aliphatic carbocycles. The molecule has 1 aliphatic heterocycles. The van der Waals surface area contributed by atoms with E-state index >= 15 is 0 Å². The average Bonchev–Trinajstić information content (AvgIpc) is 2.74. The maximum Gasteiger partial charge on any atom is 0.318 e. The molecule has 186 valence electrons. The quantitative estimate of drug-likeness (QED) is 0.174. The first-order valence-corrected chi connectivity index (χ1v) is 10.8. The van der Waals surface area contributed by atoms with Crippen LogP contribution in [0.15, 0.2) is 0 Å². The molecular weight excluding hydrogens is 464 g/mol. The van der Waals surface area contributed by atoms with Crippen molar-refractivity contribution in [2.75, 3.05) is 19.0 Å². The SMILES string of the molecule is CC1NC(=O)C(CO)NC(=O)[C@@H](N)CSC(C(=O)O)C(CO)NC(=O)[C@H](CC(N)=O)NC1=O. The van der Waals surface area contributed by atoms with Gasteiger partial charge in [0, 0.05) is 5.75 Å². The van der Waals surface area contributed by atoms with Gasteiger partial charge in [-0.2, -0.15) is 0 Å². The summed E-state index contributed by atoms with van der Waals surface area (Å²) in [5.74, 6) is -6.41. The van der Waals surface area contributed by atoms with Gasteiger partial charge >= 0.3 is 5.97 Å². The summed E-state index contributed by atoms with van der Waals surface area (Å²) in [6.45, 7) is -0.415. The lowest BCUT2D eigenvalue weighted by Gasteiger charge is -2.28. The summed E-state index contributed by atoms with van der Waals surface area (Å²) in [4.78, 5) is 72.8. The zero-order chi connectivity index (χ0) is 25.3. The Kier molecular flexibility index (Phi) is 11.0. The largest absolute Gasteiger partial charge is 0.480 e. The van der Waals surface area contributed by atoms with E-state index in [9.17, 15) is 44.1 Å². The van der Waals surface area contributed by atoms with E-state index in [-0.39, 0.29) is 5.75 Å². The molecule has 1 rings (SSSR count). The molecule has 0 bridgehead atoms. The minimum absolute atomic E-state index is 0.285. The highest BCUT2D eigenvalue weighted by atomic mass is 32.2. The number of amides is 5. The fourth-order valence-corrected chi connectivity index (χ4v) is 3.80. The third-order valence-electron chi connectivity index (χ3n) is 4.53. The van der Waals surface area contributed by atoms with Gasteiger partial charge in [0.2, 0.25) is 29.5 Å². The molecule has 1 aliphatic rings. The van der Waals surface area contributed by atoms with Gasteiger partial charge in [-0.3, -0.25) is 28.8 Å². The van der Waals surface area contributed by atoms with Crippen LogP contribution >= 0.6 is 11.8 Å². The maximum absolute atomic E-state index is 12.7. The monoisotopic (exact) mass is 492 g/mol. The number of carboxylic acid groups (broad SMARTS) is 1. The van der Waals surface area contributed by atoms with E-state index in [1.807, 2.05) is 0 Å². The van der Waals surface area contributed by atoms with Gasteiger partial charge in [-0.1, -0.05) is 0 Å². The summed E-state index contributed by atoms with van der Waals surface area (Å²) in [5.41, 5.74) is 10.9. The Labute approximate surface area is 192 Å². The zero-order valence-corrected chi connectivity index (χ0v) is 18.5. The number of aliphatic hydroxyl groups excluding tert-OH is 2. The van der Waals surface area contributed by atoms with Crippen LogP contribution in [-0.4, -0.2) is 105 Å². The van der Waals surface area contributed by atoms with E-state index in [2.05, 4.69) is 21.3 Å². The molecule has 0 aromatic heterocycles. The minimum atomic E-state index is -1.54. The van der Waals surface area contributed by atoms with Crippen molar-refractivity contribution in [2.24, 2.45) is 11.5 Å². The summed E-state index contributed by atoms with van der Waals surface area (Å²) in [6.07, 6.45) is -0.651. The summed E-state index contributed by atoms with van der Waals surface area (Å²) in [5, 5.41) is 36.0. The van der Waals surface area contributed by atoms with Crippen molar-refractivity contribution in [3.63, 3.8) is 0 Å². The fraction of sp³-hybridized carbons (Fsp3) is 0.647. The molecule has 11 N–H and O–H groups in total. The standard InChI is InChI=1S/C17H28N6O9S/c1-6-13(27)21-8(2-11(19)26)15(29)22-9(3-24)12(17(31)32)33-5-7(18)14(28)23-10(4-25)16(30)20-6/h6-10,12,24-25H,2-5,18H2,1H3,(H2,19,26)(H,20,30)(H,21,27)(H,22,29)(H,23,28)(H,31,32)/t6?,7-,8-,9?,10?,12?/m0/s1. The molecule has 0 saturated carbocycles. The smallest absolute Gasteiger partial charge is 0.318 e. The van der Waals surface area contributed by atoms with Gasteiger partial charge in [-0.25, -0.2) is 0 Å². The zero-order valence-electron chi connectivity index (χ0n) is 17.6. The topological polar surface area (TPSA) is 263 Å². The highest BCUT2D eigenvalue weighted by Gasteiger charge is 2.35. The first kappa shape index (κ1) is 28.1. The van der Waals surface area contributed by atoms with Gasteiger partial charge in [0.25, 0.3) is 0 Å². The van der Waals surface area contributed by atoms with Gasteiger partial charge in [0.05, 0.1) is 31.7 Å². The van der Waals surface area contributed by atoms with Crippen molar-refractivity contribution < 1.29 is 44.1 Å². The second kappa shape index (κ2) is 12.9. The van der Waals surface area contributed by atoms with Crippen molar-refractivity contribution in [1.29, 1.82) is 0 Å². The van der Waals surface area contributed by atoms with Crippen molar-refractivity contribution in [1.82, 2.24) is 21.3 Å². The fourth-order valence-electron chi connectivity index (χ4n) is 2.70. The molecule has 1 heterocycles. The van der Waals surface area contributed by atoms with Crippen LogP contribution in [0.1, 0.15) is 13.3 Å². The number of aliphatic carboxylic acids is 1. The van der Waals surface area contributed by atoms with Crippen LogP contribution in [0.2, 0.25) is 0 Å². The number of nitrogens with one attached hydrogen (secondary N) is 4. The third-order valence-corrected chi connectivity index (χ3v) is 5.97. The van der Waals surface area contributed by atoms with Crippen molar-refractivity contribution >= 4 is 47.3 Å². The van der Waals surface area contributed by atoms with E-state index in [4.69, 9.17) is 11.5 Å². The van der Waals surface area contributed by atoms with Crippen molar-refractivity contribution in [3.05, 3.63) is 0 Å². The Hall–Kier alpha value is -2.95. The Morgan fingerprint density at radius 3 is 2.03 bits per heavy atom. The lowest BCUT2D eigenvalue weighted by Crippen LogP contribution is -2.60. The Bertz CT molecular complexity index is 782. The number of primary amides is 1. The van der Waals surface area contributed by atoms with Crippen LogP contribution in [0, 0.1) is 0 Å². The number of hydrogen-bond donors (Lipinski definition) is 9. The Balaban J connectivity index is 3.30. The Morgan fingerprint density at radius 2 is 1.52 bits per heavy atom. The lowest BCUT2D eigenvalue weighted by atomic mass is 10.1. The normalized spacial score (nSPS) is 30.4. The van der Waals surface area contributed by atoms with Gasteiger partial charge in [0.15, 0.2) is 0 Å². The van der Waals surface area contributed by atoms with E-state index < -0.39 is 90.6 Å². The van der Waals surface area contributed by atoms with Crippen LogP contribution in [0.4, 0.5) is 0 Å². The number of carboxylic acids is 1. The minimum Gasteiger partial charge on any atom is -0.480 e. The first-order valence-electron chi connectivity index (χ1n) is 9.72. The number of carbonyl (C=O) groups is 6. The molecule has 0 aromatic rings. The van der Waals surface area contributed by atoms with Crippen molar-refractivity contribution in [3.8, 4) is 0 Å². The van der Waals surface area contributed by atoms with Crippen LogP contribution in [0.25, 0.3) is 0 Å². The molecule has 0 radical (unpaired) electrons. The maximum atomic E-state index is 12.7. The van der Waals surface area contributed by atoms with Gasteiger partial charge in [-0.05, 0) is 6.92 Å². The number of nitrogens with two attached hydrogens (primary N) is 2. The van der Waals surface area contributed by atoms with Crippen LogP contribution < -0.4 is 32.7 Å². The summed E-state index contributed by atoms with van der Waals surface area (Å²) >= 11 is 0.636. The molecule has 4 unspecified atom stereocenters. The second-order valence-electron chi connectivity index (χ2n) is 7.20. The van der Waals surface area contributed by atoms with Gasteiger partial charge in [0.1, 0.15) is 23.4 Å². The van der Waals surface area contributed by atoms with Crippen LogP contribution in [0.3, 0.4) is 0 Å². The summed E-state index contributed by atoms with van der Waals surface area (Å²) in [7, 11) is 0. The molecule has 33 heavy (non-hydrogen) atoms. The van der Waals surface area contributed by atoms with Gasteiger partial charge < -0.3 is 48.1 Å².